The lowest BCUT2D eigenvalue weighted by Gasteiger charge is -2.27. The van der Waals surface area contributed by atoms with Crippen molar-refractivity contribution in [3.8, 4) is 0 Å². The number of hydrogen-bond donors (Lipinski definition) is 0. The fourth-order valence-corrected chi connectivity index (χ4v) is 2.26. The summed E-state index contributed by atoms with van der Waals surface area (Å²) in [7, 11) is 0. The van der Waals surface area contributed by atoms with Crippen molar-refractivity contribution in [3.63, 3.8) is 0 Å². The van der Waals surface area contributed by atoms with E-state index in [0.717, 1.165) is 44.6 Å². The van der Waals surface area contributed by atoms with E-state index in [2.05, 4.69) is 23.7 Å². The summed E-state index contributed by atoms with van der Waals surface area (Å²) < 4.78 is 10.5. The Morgan fingerprint density at radius 3 is 2.35 bits per heavy atom. The molecule has 0 unspecified atom stereocenters. The molecule has 1 aliphatic carbocycles. The summed E-state index contributed by atoms with van der Waals surface area (Å²) in [5.41, 5.74) is 0. The predicted octanol–water partition coefficient (Wildman–Crippen LogP) is 3.23. The van der Waals surface area contributed by atoms with Gasteiger partial charge in [-0.1, -0.05) is 20.3 Å². The Hall–Kier alpha value is -1.10. The van der Waals surface area contributed by atoms with Gasteiger partial charge in [0.25, 0.3) is 0 Å². The van der Waals surface area contributed by atoms with Gasteiger partial charge in [0.05, 0.1) is 13.2 Å². The molecule has 0 aromatic carbocycles. The lowest BCUT2D eigenvalue weighted by Crippen LogP contribution is -2.39. The number of rotatable bonds is 1. The minimum atomic E-state index is -0.444. The number of amidine groups is 1. The van der Waals surface area contributed by atoms with E-state index in [4.69, 9.17) is 9.47 Å². The van der Waals surface area contributed by atoms with E-state index >= 15 is 0 Å². The number of carbonyl (C=O) groups excluding carboxylic acids is 1. The first-order valence-corrected chi connectivity index (χ1v) is 7.76. The molecule has 1 saturated heterocycles. The molecule has 0 N–H and O–H groups in total. The van der Waals surface area contributed by atoms with Gasteiger partial charge >= 0.3 is 6.09 Å². The maximum atomic E-state index is 11.6. The van der Waals surface area contributed by atoms with Gasteiger partial charge < -0.3 is 14.4 Å². The molecule has 0 bridgehead atoms. The van der Waals surface area contributed by atoms with Crippen LogP contribution in [-0.4, -0.2) is 49.2 Å². The highest BCUT2D eigenvalue weighted by molar-refractivity contribution is 5.90. The molecule has 20 heavy (non-hydrogen) atoms. The van der Waals surface area contributed by atoms with Crippen LogP contribution in [0.15, 0.2) is 4.99 Å². The van der Waals surface area contributed by atoms with Crippen molar-refractivity contribution in [2.75, 3.05) is 26.3 Å². The van der Waals surface area contributed by atoms with E-state index in [1.54, 1.807) is 0 Å². The molecule has 5 heteroatoms. The fraction of sp³-hybridized carbons (Fsp3) is 0.867. The zero-order valence-electron chi connectivity index (χ0n) is 13.1. The number of ether oxygens (including phenoxy) is 2. The van der Waals surface area contributed by atoms with Crippen molar-refractivity contribution in [3.05, 3.63) is 0 Å². The molecule has 116 valence electrons. The smallest absolute Gasteiger partial charge is 0.435 e. The Kier molecular flexibility index (Phi) is 8.26. The van der Waals surface area contributed by atoms with Crippen molar-refractivity contribution in [2.24, 2.45) is 4.99 Å². The summed E-state index contributed by atoms with van der Waals surface area (Å²) in [5.74, 6) is 0.733. The van der Waals surface area contributed by atoms with E-state index in [0.29, 0.717) is 13.2 Å². The van der Waals surface area contributed by atoms with Crippen LogP contribution in [0.2, 0.25) is 0 Å². The predicted molar refractivity (Wildman–Crippen MR) is 80.2 cm³/mol. The van der Waals surface area contributed by atoms with E-state index in [-0.39, 0.29) is 6.10 Å². The quantitative estimate of drug-likeness (QED) is 0.548. The highest BCUT2D eigenvalue weighted by atomic mass is 16.6. The molecule has 0 aromatic rings. The zero-order chi connectivity index (χ0) is 14.8. The Balaban J connectivity index is 0.000000612. The van der Waals surface area contributed by atoms with E-state index in [1.807, 2.05) is 6.92 Å². The van der Waals surface area contributed by atoms with Crippen LogP contribution in [0.4, 0.5) is 4.79 Å². The SMILES string of the molecule is C/C(=N/C(=O)OC1CCCC1)N1CCOCC1.CCC. The summed E-state index contributed by atoms with van der Waals surface area (Å²) in [6.07, 6.45) is 5.17. The highest BCUT2D eigenvalue weighted by Gasteiger charge is 2.19. The van der Waals surface area contributed by atoms with Gasteiger partial charge in [0, 0.05) is 13.1 Å². The number of nitrogens with zero attached hydrogens (tertiary/aromatic N) is 2. The number of amides is 1. The van der Waals surface area contributed by atoms with Crippen LogP contribution in [0, 0.1) is 0 Å². The van der Waals surface area contributed by atoms with Gasteiger partial charge in [-0.05, 0) is 32.6 Å². The van der Waals surface area contributed by atoms with Crippen LogP contribution in [0.5, 0.6) is 0 Å². The molecule has 1 amide bonds. The van der Waals surface area contributed by atoms with Crippen molar-refractivity contribution in [1.82, 2.24) is 4.90 Å². The normalized spacial score (nSPS) is 20.4. The van der Waals surface area contributed by atoms with Crippen molar-refractivity contribution >= 4 is 11.9 Å². The van der Waals surface area contributed by atoms with Gasteiger partial charge in [0.15, 0.2) is 0 Å². The summed E-state index contributed by atoms with van der Waals surface area (Å²) in [6, 6.07) is 0. The summed E-state index contributed by atoms with van der Waals surface area (Å²) in [4.78, 5) is 17.6. The first kappa shape index (κ1) is 17.0. The average molecular weight is 284 g/mol. The van der Waals surface area contributed by atoms with Gasteiger partial charge in [-0.2, -0.15) is 4.99 Å². The Labute approximate surface area is 122 Å². The number of carbonyl (C=O) groups is 1. The van der Waals surface area contributed by atoms with E-state index in [9.17, 15) is 4.79 Å². The first-order chi connectivity index (χ1) is 9.67. The Morgan fingerprint density at radius 2 is 1.80 bits per heavy atom. The first-order valence-electron chi connectivity index (χ1n) is 7.76. The molecule has 1 aliphatic heterocycles. The molecule has 1 saturated carbocycles. The summed E-state index contributed by atoms with van der Waals surface area (Å²) in [5, 5.41) is 0. The van der Waals surface area contributed by atoms with Crippen LogP contribution < -0.4 is 0 Å². The minimum absolute atomic E-state index is 0.0868. The second kappa shape index (κ2) is 9.75. The molecule has 0 radical (unpaired) electrons. The fourth-order valence-electron chi connectivity index (χ4n) is 2.26. The van der Waals surface area contributed by atoms with Gasteiger partial charge in [0.2, 0.25) is 0 Å². The molecule has 5 nitrogen and oxygen atoms in total. The molecular formula is C15H28N2O3. The second-order valence-electron chi connectivity index (χ2n) is 5.26. The van der Waals surface area contributed by atoms with Crippen LogP contribution in [0.25, 0.3) is 0 Å². The molecule has 1 heterocycles. The van der Waals surface area contributed by atoms with Gasteiger partial charge in [-0.15, -0.1) is 0 Å². The third-order valence-corrected chi connectivity index (χ3v) is 3.29. The lowest BCUT2D eigenvalue weighted by molar-refractivity contribution is 0.0672. The highest BCUT2D eigenvalue weighted by Crippen LogP contribution is 2.21. The third-order valence-electron chi connectivity index (χ3n) is 3.29. The molecular weight excluding hydrogens is 256 g/mol. The van der Waals surface area contributed by atoms with Gasteiger partial charge in [-0.3, -0.25) is 0 Å². The Morgan fingerprint density at radius 1 is 1.25 bits per heavy atom. The van der Waals surface area contributed by atoms with Crippen molar-refractivity contribution in [2.45, 2.75) is 59.0 Å². The zero-order valence-corrected chi connectivity index (χ0v) is 13.1. The van der Waals surface area contributed by atoms with Gasteiger partial charge in [-0.25, -0.2) is 4.79 Å². The van der Waals surface area contributed by atoms with Crippen LogP contribution in [0.3, 0.4) is 0 Å². The molecule has 0 aromatic heterocycles. The maximum absolute atomic E-state index is 11.6. The third kappa shape index (κ3) is 6.37. The standard InChI is InChI=1S/C12H20N2O3.C3H8/c1-10(14-6-8-16-9-7-14)13-12(15)17-11-4-2-3-5-11;1-3-2/h11H,2-9H2,1H3;3H2,1-2H3/b13-10-;. The summed E-state index contributed by atoms with van der Waals surface area (Å²) >= 11 is 0. The van der Waals surface area contributed by atoms with Crippen LogP contribution >= 0.6 is 0 Å². The minimum Gasteiger partial charge on any atom is -0.445 e. The molecule has 2 rings (SSSR count). The topological polar surface area (TPSA) is 51.1 Å². The van der Waals surface area contributed by atoms with Gasteiger partial charge in [0.1, 0.15) is 11.9 Å². The van der Waals surface area contributed by atoms with Crippen molar-refractivity contribution in [1.29, 1.82) is 0 Å². The molecule has 2 fully saturated rings. The number of morpholine rings is 1. The number of aliphatic imine (C=N–C) groups is 1. The summed E-state index contributed by atoms with van der Waals surface area (Å²) in [6.45, 7) is 9.09. The molecule has 0 spiro atoms. The van der Waals surface area contributed by atoms with E-state index in [1.165, 1.54) is 6.42 Å². The largest absolute Gasteiger partial charge is 0.445 e. The second-order valence-corrected chi connectivity index (χ2v) is 5.26. The van der Waals surface area contributed by atoms with E-state index < -0.39 is 6.09 Å². The van der Waals surface area contributed by atoms with Crippen LogP contribution in [-0.2, 0) is 9.47 Å². The monoisotopic (exact) mass is 284 g/mol. The van der Waals surface area contributed by atoms with Crippen LogP contribution in [0.1, 0.15) is 52.9 Å². The maximum Gasteiger partial charge on any atom is 0.435 e. The average Bonchev–Trinajstić information content (AvgIpc) is 2.93. The lowest BCUT2D eigenvalue weighted by atomic mass is 10.3. The Bertz CT molecular complexity index is 306. The number of hydrogen-bond acceptors (Lipinski definition) is 3. The molecule has 0 atom stereocenters. The molecule has 2 aliphatic rings. The van der Waals surface area contributed by atoms with Crippen molar-refractivity contribution < 1.29 is 14.3 Å².